The molecule has 0 N–H and O–H groups in total. The molecule has 0 aromatic heterocycles. The minimum Gasteiger partial charge on any atom is -0.166 e. The van der Waals surface area contributed by atoms with Crippen molar-refractivity contribution < 1.29 is 13.2 Å². The molecular formula is C16H14BrF3. The molecule has 2 aromatic carbocycles. The molecule has 0 aliphatic heterocycles. The van der Waals surface area contributed by atoms with Crippen LogP contribution in [0.4, 0.5) is 13.2 Å². The normalized spacial score (nSPS) is 13.2. The van der Waals surface area contributed by atoms with E-state index in [9.17, 15) is 13.2 Å². The maximum atomic E-state index is 12.7. The van der Waals surface area contributed by atoms with Gasteiger partial charge in [0.05, 0.1) is 5.56 Å². The van der Waals surface area contributed by atoms with Crippen molar-refractivity contribution in [1.29, 1.82) is 0 Å². The van der Waals surface area contributed by atoms with Crippen LogP contribution in [0, 0.1) is 0 Å². The molecule has 0 heterocycles. The average Bonchev–Trinajstić information content (AvgIpc) is 2.45. The maximum absolute atomic E-state index is 12.7. The lowest BCUT2D eigenvalue weighted by Gasteiger charge is -2.16. The predicted octanol–water partition coefficient (Wildman–Crippen LogP) is 5.43. The molecule has 0 radical (unpaired) electrons. The highest BCUT2D eigenvalue weighted by atomic mass is 79.9. The van der Waals surface area contributed by atoms with Crippen LogP contribution in [0.15, 0.2) is 54.6 Å². The van der Waals surface area contributed by atoms with Crippen LogP contribution in [0.3, 0.4) is 0 Å². The minimum atomic E-state index is -4.29. The summed E-state index contributed by atoms with van der Waals surface area (Å²) in [7, 11) is 0. The van der Waals surface area contributed by atoms with Gasteiger partial charge in [-0.05, 0) is 29.5 Å². The third-order valence-electron chi connectivity index (χ3n) is 3.19. The Morgan fingerprint density at radius 3 is 2.25 bits per heavy atom. The maximum Gasteiger partial charge on any atom is 0.416 e. The van der Waals surface area contributed by atoms with Crippen LogP contribution in [-0.4, -0.2) is 5.33 Å². The first kappa shape index (κ1) is 15.1. The zero-order valence-corrected chi connectivity index (χ0v) is 12.3. The lowest BCUT2D eigenvalue weighted by molar-refractivity contribution is -0.137. The fraction of sp³-hybridized carbons (Fsp3) is 0.250. The van der Waals surface area contributed by atoms with Crippen molar-refractivity contribution in [2.24, 2.45) is 0 Å². The third kappa shape index (κ3) is 3.85. The van der Waals surface area contributed by atoms with Crippen LogP contribution in [0.2, 0.25) is 0 Å². The van der Waals surface area contributed by atoms with E-state index >= 15 is 0 Å². The monoisotopic (exact) mass is 342 g/mol. The van der Waals surface area contributed by atoms with Gasteiger partial charge in [-0.25, -0.2) is 0 Å². The van der Waals surface area contributed by atoms with Gasteiger partial charge >= 0.3 is 6.18 Å². The second kappa shape index (κ2) is 6.44. The summed E-state index contributed by atoms with van der Waals surface area (Å²) in [5.41, 5.74) is 1.24. The fourth-order valence-electron chi connectivity index (χ4n) is 2.15. The molecule has 0 bridgehead atoms. The first-order valence-electron chi connectivity index (χ1n) is 6.27. The fourth-order valence-corrected chi connectivity index (χ4v) is 2.75. The van der Waals surface area contributed by atoms with E-state index in [-0.39, 0.29) is 5.92 Å². The summed E-state index contributed by atoms with van der Waals surface area (Å²) < 4.78 is 38.1. The molecule has 0 spiro atoms. The molecule has 2 aromatic rings. The number of hydrogen-bond donors (Lipinski definition) is 0. The van der Waals surface area contributed by atoms with Crippen LogP contribution < -0.4 is 0 Å². The second-order valence-corrected chi connectivity index (χ2v) is 5.31. The van der Waals surface area contributed by atoms with Crippen LogP contribution in [0.1, 0.15) is 22.6 Å². The van der Waals surface area contributed by atoms with Gasteiger partial charge in [-0.1, -0.05) is 64.5 Å². The van der Waals surface area contributed by atoms with Crippen LogP contribution in [0.25, 0.3) is 0 Å². The van der Waals surface area contributed by atoms with E-state index in [1.54, 1.807) is 6.07 Å². The van der Waals surface area contributed by atoms with Gasteiger partial charge in [0.1, 0.15) is 0 Å². The van der Waals surface area contributed by atoms with Crippen molar-refractivity contribution in [2.75, 3.05) is 5.33 Å². The summed E-state index contributed by atoms with van der Waals surface area (Å²) in [6.07, 6.45) is -3.70. The van der Waals surface area contributed by atoms with Gasteiger partial charge < -0.3 is 0 Å². The smallest absolute Gasteiger partial charge is 0.166 e. The molecule has 4 heteroatoms. The van der Waals surface area contributed by atoms with E-state index in [0.717, 1.165) is 11.6 Å². The summed E-state index contributed by atoms with van der Waals surface area (Å²) >= 11 is 3.45. The average molecular weight is 343 g/mol. The Bertz CT molecular complexity index is 549. The van der Waals surface area contributed by atoms with Crippen LogP contribution in [-0.2, 0) is 12.6 Å². The third-order valence-corrected chi connectivity index (χ3v) is 3.98. The van der Waals surface area contributed by atoms with Gasteiger partial charge in [0.2, 0.25) is 0 Å². The van der Waals surface area contributed by atoms with Crippen molar-refractivity contribution in [1.82, 2.24) is 0 Å². The van der Waals surface area contributed by atoms with Crippen molar-refractivity contribution >= 4 is 15.9 Å². The molecule has 0 aliphatic rings. The van der Waals surface area contributed by atoms with Crippen LogP contribution in [0.5, 0.6) is 0 Å². The quantitative estimate of drug-likeness (QED) is 0.650. The van der Waals surface area contributed by atoms with Gasteiger partial charge in [-0.15, -0.1) is 0 Å². The van der Waals surface area contributed by atoms with Gasteiger partial charge in [0.25, 0.3) is 0 Å². The Morgan fingerprint density at radius 1 is 0.950 bits per heavy atom. The summed E-state index contributed by atoms with van der Waals surface area (Å²) in [5.74, 6) is 0.166. The number of halogens is 4. The minimum absolute atomic E-state index is 0.166. The van der Waals surface area contributed by atoms with E-state index in [1.807, 2.05) is 30.3 Å². The summed E-state index contributed by atoms with van der Waals surface area (Å²) in [6, 6.07) is 15.4. The highest BCUT2D eigenvalue weighted by Gasteiger charge is 2.30. The molecular weight excluding hydrogens is 329 g/mol. The Balaban J connectivity index is 2.20. The number of hydrogen-bond acceptors (Lipinski definition) is 0. The number of rotatable bonds is 4. The Labute approximate surface area is 124 Å². The topological polar surface area (TPSA) is 0 Å². The number of alkyl halides is 4. The van der Waals surface area contributed by atoms with E-state index < -0.39 is 11.7 Å². The van der Waals surface area contributed by atoms with Crippen molar-refractivity contribution in [3.05, 3.63) is 71.3 Å². The molecule has 0 aliphatic carbocycles. The summed E-state index contributed by atoms with van der Waals surface area (Å²) in [5, 5.41) is 0.716. The first-order chi connectivity index (χ1) is 9.50. The van der Waals surface area contributed by atoms with Crippen LogP contribution >= 0.6 is 15.9 Å². The van der Waals surface area contributed by atoms with Gasteiger partial charge in [0.15, 0.2) is 0 Å². The van der Waals surface area contributed by atoms with Crippen molar-refractivity contribution in [2.45, 2.75) is 18.5 Å². The van der Waals surface area contributed by atoms with E-state index in [0.29, 0.717) is 17.3 Å². The molecule has 0 saturated carbocycles. The van der Waals surface area contributed by atoms with Gasteiger partial charge in [-0.2, -0.15) is 13.2 Å². The van der Waals surface area contributed by atoms with Gasteiger partial charge in [-0.3, -0.25) is 0 Å². The molecule has 0 fully saturated rings. The zero-order valence-electron chi connectivity index (χ0n) is 10.7. The molecule has 1 atom stereocenters. The largest absolute Gasteiger partial charge is 0.416 e. The molecule has 20 heavy (non-hydrogen) atoms. The Hall–Kier alpha value is -1.29. The Kier molecular flexibility index (Phi) is 4.86. The number of benzene rings is 2. The van der Waals surface area contributed by atoms with Crippen molar-refractivity contribution in [3.8, 4) is 0 Å². The molecule has 0 amide bonds. The van der Waals surface area contributed by atoms with E-state index in [1.165, 1.54) is 12.1 Å². The second-order valence-electron chi connectivity index (χ2n) is 4.66. The molecule has 106 valence electrons. The van der Waals surface area contributed by atoms with Crippen molar-refractivity contribution in [3.63, 3.8) is 0 Å². The standard InChI is InChI=1S/C16H14BrF3/c17-11-14(13-6-2-1-3-7-13)9-12-5-4-8-15(10-12)16(18,19)20/h1-8,10,14H,9,11H2. The summed E-state index contributed by atoms with van der Waals surface area (Å²) in [6.45, 7) is 0. The molecule has 1 unspecified atom stereocenters. The lowest BCUT2D eigenvalue weighted by atomic mass is 9.93. The molecule has 2 rings (SSSR count). The molecule has 0 nitrogen and oxygen atoms in total. The molecule has 0 saturated heterocycles. The van der Waals surface area contributed by atoms with E-state index in [2.05, 4.69) is 15.9 Å². The highest BCUT2D eigenvalue weighted by Crippen LogP contribution is 2.31. The predicted molar refractivity (Wildman–Crippen MR) is 78.1 cm³/mol. The lowest BCUT2D eigenvalue weighted by Crippen LogP contribution is -2.08. The first-order valence-corrected chi connectivity index (χ1v) is 7.40. The van der Waals surface area contributed by atoms with Gasteiger partial charge in [0, 0.05) is 5.33 Å². The SMILES string of the molecule is FC(F)(F)c1cccc(CC(CBr)c2ccccc2)c1. The summed E-state index contributed by atoms with van der Waals surface area (Å²) in [4.78, 5) is 0. The Morgan fingerprint density at radius 2 is 1.65 bits per heavy atom. The van der Waals surface area contributed by atoms with E-state index in [4.69, 9.17) is 0 Å². The zero-order chi connectivity index (χ0) is 14.6. The highest BCUT2D eigenvalue weighted by molar-refractivity contribution is 9.09.